The first-order valence-electron chi connectivity index (χ1n) is 6.09. The number of rotatable bonds is 3. The van der Waals surface area contributed by atoms with Gasteiger partial charge in [0, 0.05) is 25.6 Å². The Hall–Kier alpha value is -0.860. The second kappa shape index (κ2) is 4.56. The van der Waals surface area contributed by atoms with Crippen molar-refractivity contribution in [1.29, 1.82) is 0 Å². The van der Waals surface area contributed by atoms with E-state index in [-0.39, 0.29) is 0 Å². The normalized spacial score (nSPS) is 26.5. The number of likely N-dealkylation sites (tertiary alicyclic amines) is 1. The van der Waals surface area contributed by atoms with Crippen LogP contribution < -0.4 is 0 Å². The lowest BCUT2D eigenvalue weighted by Crippen LogP contribution is -2.37. The van der Waals surface area contributed by atoms with Gasteiger partial charge in [0.1, 0.15) is 0 Å². The fourth-order valence-electron chi connectivity index (χ4n) is 2.45. The minimum absolute atomic E-state index is 0.522. The molecule has 1 N–H and O–H groups in total. The van der Waals surface area contributed by atoms with E-state index in [4.69, 9.17) is 0 Å². The highest BCUT2D eigenvalue weighted by molar-refractivity contribution is 5.18. The van der Waals surface area contributed by atoms with E-state index in [2.05, 4.69) is 30.9 Å². The maximum absolute atomic E-state index is 10.5. The smallest absolute Gasteiger partial charge is 0.0826 e. The molecule has 1 atom stereocenters. The van der Waals surface area contributed by atoms with Gasteiger partial charge in [-0.15, -0.1) is 0 Å². The summed E-state index contributed by atoms with van der Waals surface area (Å²) in [5.41, 5.74) is 0.710. The highest BCUT2D eigenvalue weighted by atomic mass is 16.3. The van der Waals surface area contributed by atoms with Crippen molar-refractivity contribution in [3.05, 3.63) is 35.9 Å². The third-order valence-corrected chi connectivity index (χ3v) is 3.47. The van der Waals surface area contributed by atoms with Gasteiger partial charge in [0.15, 0.2) is 0 Å². The van der Waals surface area contributed by atoms with Crippen LogP contribution in [0.5, 0.6) is 0 Å². The van der Waals surface area contributed by atoms with Crippen LogP contribution in [0.2, 0.25) is 0 Å². The number of nitrogens with zero attached hydrogens (tertiary/aromatic N) is 1. The Kier molecular flexibility index (Phi) is 3.31. The molecule has 1 aromatic rings. The van der Waals surface area contributed by atoms with Gasteiger partial charge in [0.05, 0.1) is 5.60 Å². The van der Waals surface area contributed by atoms with Crippen molar-refractivity contribution in [2.75, 3.05) is 13.1 Å². The van der Waals surface area contributed by atoms with E-state index in [1.807, 2.05) is 18.2 Å². The molecule has 1 unspecified atom stereocenters. The van der Waals surface area contributed by atoms with Crippen molar-refractivity contribution in [2.24, 2.45) is 0 Å². The van der Waals surface area contributed by atoms with Gasteiger partial charge >= 0.3 is 0 Å². The average molecular weight is 219 g/mol. The maximum Gasteiger partial charge on any atom is 0.0826 e. The predicted octanol–water partition coefficient (Wildman–Crippen LogP) is 2.07. The third kappa shape index (κ3) is 2.63. The molecule has 0 saturated carbocycles. The molecule has 1 aromatic carbocycles. The first kappa shape index (κ1) is 11.6. The molecule has 0 amide bonds. The molecule has 1 fully saturated rings. The van der Waals surface area contributed by atoms with Crippen LogP contribution in [0.15, 0.2) is 30.3 Å². The zero-order chi connectivity index (χ0) is 11.6. The summed E-state index contributed by atoms with van der Waals surface area (Å²) in [7, 11) is 0. The van der Waals surface area contributed by atoms with E-state index < -0.39 is 5.60 Å². The highest BCUT2D eigenvalue weighted by Crippen LogP contribution is 2.26. The maximum atomic E-state index is 10.5. The van der Waals surface area contributed by atoms with Crippen LogP contribution in [0.3, 0.4) is 0 Å². The van der Waals surface area contributed by atoms with Crippen molar-refractivity contribution in [3.8, 4) is 0 Å². The molecule has 0 bridgehead atoms. The number of benzene rings is 1. The summed E-state index contributed by atoms with van der Waals surface area (Å²) in [6.07, 6.45) is 1.66. The highest BCUT2D eigenvalue weighted by Gasteiger charge is 2.36. The lowest BCUT2D eigenvalue weighted by atomic mass is 9.94. The van der Waals surface area contributed by atoms with Crippen LogP contribution in [0, 0.1) is 0 Å². The summed E-state index contributed by atoms with van der Waals surface area (Å²) in [5.74, 6) is 0. The topological polar surface area (TPSA) is 23.5 Å². The standard InChI is InChI=1S/C14H21NO/c1-12(2)15-9-8-14(16,11-15)10-13-6-4-3-5-7-13/h3-7,12,16H,8-11H2,1-2H3. The van der Waals surface area contributed by atoms with Crippen LogP contribution in [-0.2, 0) is 6.42 Å². The Bertz CT molecular complexity index is 336. The molecular formula is C14H21NO. The first-order valence-corrected chi connectivity index (χ1v) is 6.09. The van der Waals surface area contributed by atoms with Gasteiger partial charge in [0.2, 0.25) is 0 Å². The minimum atomic E-state index is -0.522. The Morgan fingerprint density at radius 2 is 2.00 bits per heavy atom. The van der Waals surface area contributed by atoms with E-state index in [1.165, 1.54) is 5.56 Å². The summed E-state index contributed by atoms with van der Waals surface area (Å²) >= 11 is 0. The monoisotopic (exact) mass is 219 g/mol. The lowest BCUT2D eigenvalue weighted by Gasteiger charge is -2.25. The van der Waals surface area contributed by atoms with Gasteiger partial charge in [0.25, 0.3) is 0 Å². The molecule has 1 saturated heterocycles. The zero-order valence-electron chi connectivity index (χ0n) is 10.2. The molecule has 2 heteroatoms. The second-order valence-corrected chi connectivity index (χ2v) is 5.20. The van der Waals surface area contributed by atoms with Crippen molar-refractivity contribution in [1.82, 2.24) is 4.90 Å². The molecule has 2 rings (SSSR count). The molecule has 16 heavy (non-hydrogen) atoms. The predicted molar refractivity (Wildman–Crippen MR) is 66.4 cm³/mol. The summed E-state index contributed by atoms with van der Waals surface area (Å²) in [5, 5.41) is 10.5. The Balaban J connectivity index is 2.00. The van der Waals surface area contributed by atoms with Gasteiger partial charge < -0.3 is 5.11 Å². The van der Waals surface area contributed by atoms with Crippen LogP contribution in [0.25, 0.3) is 0 Å². The van der Waals surface area contributed by atoms with Gasteiger partial charge in [-0.3, -0.25) is 4.90 Å². The molecule has 0 spiro atoms. The Morgan fingerprint density at radius 3 is 2.56 bits per heavy atom. The third-order valence-electron chi connectivity index (χ3n) is 3.47. The SMILES string of the molecule is CC(C)N1CCC(O)(Cc2ccccc2)C1. The average Bonchev–Trinajstić information content (AvgIpc) is 2.62. The molecular weight excluding hydrogens is 198 g/mol. The molecule has 0 aromatic heterocycles. The molecule has 88 valence electrons. The Morgan fingerprint density at radius 1 is 1.31 bits per heavy atom. The van der Waals surface area contributed by atoms with Crippen molar-refractivity contribution in [3.63, 3.8) is 0 Å². The molecule has 1 heterocycles. The Labute approximate surface area is 97.9 Å². The molecule has 1 aliphatic heterocycles. The number of β-amino-alcohol motifs (C(OH)–C–C–N with tert-alkyl or cyclic N) is 1. The molecule has 1 aliphatic rings. The molecule has 0 aliphatic carbocycles. The fraction of sp³-hybridized carbons (Fsp3) is 0.571. The number of hydrogen-bond acceptors (Lipinski definition) is 2. The lowest BCUT2D eigenvalue weighted by molar-refractivity contribution is 0.0460. The van der Waals surface area contributed by atoms with Crippen LogP contribution in [0.4, 0.5) is 0 Å². The van der Waals surface area contributed by atoms with E-state index in [9.17, 15) is 5.11 Å². The van der Waals surface area contributed by atoms with Crippen molar-refractivity contribution >= 4 is 0 Å². The number of hydrogen-bond donors (Lipinski definition) is 1. The van der Waals surface area contributed by atoms with Gasteiger partial charge in [-0.25, -0.2) is 0 Å². The van der Waals surface area contributed by atoms with E-state index in [1.54, 1.807) is 0 Å². The van der Waals surface area contributed by atoms with Crippen molar-refractivity contribution < 1.29 is 5.11 Å². The van der Waals surface area contributed by atoms with E-state index in [0.29, 0.717) is 6.04 Å². The van der Waals surface area contributed by atoms with Gasteiger partial charge in [-0.05, 0) is 25.8 Å². The second-order valence-electron chi connectivity index (χ2n) is 5.20. The summed E-state index contributed by atoms with van der Waals surface area (Å²) in [6, 6.07) is 10.8. The minimum Gasteiger partial charge on any atom is -0.388 e. The zero-order valence-corrected chi connectivity index (χ0v) is 10.2. The van der Waals surface area contributed by atoms with Crippen molar-refractivity contribution in [2.45, 2.75) is 38.3 Å². The summed E-state index contributed by atoms with van der Waals surface area (Å²) < 4.78 is 0. The number of aliphatic hydroxyl groups is 1. The quantitative estimate of drug-likeness (QED) is 0.841. The fourth-order valence-corrected chi connectivity index (χ4v) is 2.45. The van der Waals surface area contributed by atoms with Crippen LogP contribution in [-0.4, -0.2) is 34.7 Å². The van der Waals surface area contributed by atoms with Crippen LogP contribution in [0.1, 0.15) is 25.8 Å². The van der Waals surface area contributed by atoms with E-state index >= 15 is 0 Å². The van der Waals surface area contributed by atoms with Gasteiger partial charge in [-0.2, -0.15) is 0 Å². The van der Waals surface area contributed by atoms with Gasteiger partial charge in [-0.1, -0.05) is 30.3 Å². The van der Waals surface area contributed by atoms with Crippen LogP contribution >= 0.6 is 0 Å². The molecule has 2 nitrogen and oxygen atoms in total. The first-order chi connectivity index (χ1) is 7.59. The largest absolute Gasteiger partial charge is 0.388 e. The summed E-state index contributed by atoms with van der Waals surface area (Å²) in [6.45, 7) is 6.20. The molecule has 0 radical (unpaired) electrons. The van der Waals surface area contributed by atoms with E-state index in [0.717, 1.165) is 25.9 Å². The summed E-state index contributed by atoms with van der Waals surface area (Å²) in [4.78, 5) is 2.35.